The van der Waals surface area contributed by atoms with E-state index in [0.29, 0.717) is 6.04 Å². The van der Waals surface area contributed by atoms with Gasteiger partial charge in [0.05, 0.1) is 0 Å². The van der Waals surface area contributed by atoms with E-state index in [1.165, 1.54) is 35.3 Å². The van der Waals surface area contributed by atoms with Crippen LogP contribution in [0.4, 0.5) is 0 Å². The summed E-state index contributed by atoms with van der Waals surface area (Å²) in [5, 5.41) is 4.51. The quantitative estimate of drug-likeness (QED) is 0.767. The monoisotopic (exact) mass is 279 g/mol. The molecule has 0 aromatic heterocycles. The molecule has 2 unspecified atom stereocenters. The molecule has 96 valence electrons. The summed E-state index contributed by atoms with van der Waals surface area (Å²) in [6, 6.07) is 0.663. The summed E-state index contributed by atoms with van der Waals surface area (Å²) in [6.45, 7) is 8.09. The molecule has 0 spiro atoms. The predicted molar refractivity (Wildman–Crippen MR) is 83.2 cm³/mol. The Hall–Kier alpha value is 1.01. The minimum Gasteiger partial charge on any atom is -0.312 e. The first-order valence-electron chi connectivity index (χ1n) is 6.19. The highest BCUT2D eigenvalue weighted by Gasteiger charge is 2.14. The van der Waals surface area contributed by atoms with Gasteiger partial charge in [-0.25, -0.2) is 0 Å². The average molecular weight is 280 g/mol. The Morgan fingerprint density at radius 3 is 2.69 bits per heavy atom. The molecule has 1 rings (SSSR count). The zero-order valence-electron chi connectivity index (χ0n) is 10.7. The Labute approximate surface area is 114 Å². The molecule has 0 aliphatic carbocycles. The molecular weight excluding hydrogens is 254 g/mol. The third kappa shape index (κ3) is 7.36. The van der Waals surface area contributed by atoms with Gasteiger partial charge in [-0.05, 0) is 18.6 Å². The fourth-order valence-electron chi connectivity index (χ4n) is 1.53. The van der Waals surface area contributed by atoms with Crippen molar-refractivity contribution in [2.24, 2.45) is 5.92 Å². The van der Waals surface area contributed by atoms with Crippen molar-refractivity contribution in [1.29, 1.82) is 0 Å². The van der Waals surface area contributed by atoms with Gasteiger partial charge in [0.1, 0.15) is 0 Å². The summed E-state index contributed by atoms with van der Waals surface area (Å²) in [4.78, 5) is 0. The molecule has 1 aliphatic heterocycles. The molecule has 2 atom stereocenters. The van der Waals surface area contributed by atoms with Crippen molar-refractivity contribution >= 4 is 35.3 Å². The van der Waals surface area contributed by atoms with Crippen LogP contribution in [0.5, 0.6) is 0 Å². The maximum absolute atomic E-state index is 3.67. The van der Waals surface area contributed by atoms with E-state index in [9.17, 15) is 0 Å². The number of nitrogens with one attached hydrogen (secondary N) is 1. The molecule has 1 nitrogen and oxygen atoms in total. The van der Waals surface area contributed by atoms with E-state index in [1.54, 1.807) is 0 Å². The van der Waals surface area contributed by atoms with Gasteiger partial charge >= 0.3 is 0 Å². The maximum Gasteiger partial charge on any atom is 0.0263 e. The van der Waals surface area contributed by atoms with Gasteiger partial charge in [-0.1, -0.05) is 13.8 Å². The molecule has 0 aromatic carbocycles. The van der Waals surface area contributed by atoms with Crippen LogP contribution in [0.1, 0.15) is 20.8 Å². The summed E-state index contributed by atoms with van der Waals surface area (Å²) in [7, 11) is 0. The first-order valence-corrected chi connectivity index (χ1v) is 9.54. The highest BCUT2D eigenvalue weighted by Crippen LogP contribution is 2.23. The largest absolute Gasteiger partial charge is 0.312 e. The first-order chi connectivity index (χ1) is 7.68. The van der Waals surface area contributed by atoms with Crippen LogP contribution >= 0.6 is 35.3 Å². The second kappa shape index (κ2) is 9.01. The van der Waals surface area contributed by atoms with E-state index in [2.05, 4.69) is 61.4 Å². The van der Waals surface area contributed by atoms with Crippen molar-refractivity contribution in [3.8, 4) is 0 Å². The van der Waals surface area contributed by atoms with Gasteiger partial charge in [0, 0.05) is 40.8 Å². The lowest BCUT2D eigenvalue weighted by Crippen LogP contribution is -2.36. The zero-order valence-corrected chi connectivity index (χ0v) is 13.1. The van der Waals surface area contributed by atoms with Crippen molar-refractivity contribution < 1.29 is 0 Å². The topological polar surface area (TPSA) is 12.0 Å². The van der Waals surface area contributed by atoms with Gasteiger partial charge in [-0.15, -0.1) is 0 Å². The summed E-state index contributed by atoms with van der Waals surface area (Å²) < 4.78 is 0. The Morgan fingerprint density at radius 2 is 2.06 bits per heavy atom. The molecule has 0 saturated carbocycles. The highest BCUT2D eigenvalue weighted by molar-refractivity contribution is 8.06. The Kier molecular flexibility index (Phi) is 8.48. The van der Waals surface area contributed by atoms with Crippen molar-refractivity contribution in [2.45, 2.75) is 32.1 Å². The number of thioether (sulfide) groups is 3. The normalized spacial score (nSPS) is 23.6. The maximum atomic E-state index is 3.67. The molecule has 4 heteroatoms. The van der Waals surface area contributed by atoms with Gasteiger partial charge in [0.2, 0.25) is 0 Å². The fourth-order valence-corrected chi connectivity index (χ4v) is 5.23. The average Bonchev–Trinajstić information content (AvgIpc) is 2.27. The third-order valence-corrected chi connectivity index (χ3v) is 6.88. The molecule has 1 saturated heterocycles. The Morgan fingerprint density at radius 1 is 1.25 bits per heavy atom. The van der Waals surface area contributed by atoms with Crippen molar-refractivity contribution in [1.82, 2.24) is 5.32 Å². The Balaban J connectivity index is 1.98. The van der Waals surface area contributed by atoms with Crippen LogP contribution in [-0.4, -0.2) is 46.6 Å². The predicted octanol–water partition coefficient (Wildman–Crippen LogP) is 3.20. The van der Waals surface area contributed by atoms with Crippen LogP contribution in [0.25, 0.3) is 0 Å². The van der Waals surface area contributed by atoms with Crippen LogP contribution in [0.2, 0.25) is 0 Å². The molecule has 0 bridgehead atoms. The molecule has 1 aliphatic rings. The van der Waals surface area contributed by atoms with E-state index >= 15 is 0 Å². The molecule has 16 heavy (non-hydrogen) atoms. The van der Waals surface area contributed by atoms with Gasteiger partial charge in [-0.2, -0.15) is 35.3 Å². The Bertz CT molecular complexity index is 170. The molecule has 1 N–H and O–H groups in total. The van der Waals surface area contributed by atoms with E-state index in [4.69, 9.17) is 0 Å². The van der Waals surface area contributed by atoms with E-state index in [0.717, 1.165) is 11.2 Å². The molecule has 0 amide bonds. The summed E-state index contributed by atoms with van der Waals surface area (Å²) in [5.74, 6) is 7.39. The van der Waals surface area contributed by atoms with Crippen molar-refractivity contribution in [3.05, 3.63) is 0 Å². The van der Waals surface area contributed by atoms with Gasteiger partial charge in [-0.3, -0.25) is 0 Å². The number of hydrogen-bond acceptors (Lipinski definition) is 4. The minimum atomic E-state index is 0.663. The lowest BCUT2D eigenvalue weighted by Gasteiger charge is -2.23. The standard InChI is InChI=1S/C12H25NS3/c1-10(2)7-15-8-11(3)13-6-12-9-14-4-5-16-12/h10-13H,4-9H2,1-3H3. The molecule has 1 fully saturated rings. The lowest BCUT2D eigenvalue weighted by atomic mass is 10.3. The van der Waals surface area contributed by atoms with E-state index in [-0.39, 0.29) is 0 Å². The van der Waals surface area contributed by atoms with Crippen LogP contribution in [-0.2, 0) is 0 Å². The SMILES string of the molecule is CC(C)CSCC(C)NCC1CSCCS1. The molecule has 0 aromatic rings. The van der Waals surface area contributed by atoms with Crippen LogP contribution in [0, 0.1) is 5.92 Å². The lowest BCUT2D eigenvalue weighted by molar-refractivity contribution is 0.596. The minimum absolute atomic E-state index is 0.663. The molecular formula is C12H25NS3. The number of hydrogen-bond donors (Lipinski definition) is 1. The van der Waals surface area contributed by atoms with Gasteiger partial charge in [0.15, 0.2) is 0 Å². The van der Waals surface area contributed by atoms with Crippen LogP contribution < -0.4 is 5.32 Å². The summed E-state index contributed by atoms with van der Waals surface area (Å²) >= 11 is 6.34. The number of rotatable bonds is 7. The highest BCUT2D eigenvalue weighted by atomic mass is 32.2. The molecule has 1 heterocycles. The van der Waals surface area contributed by atoms with Crippen molar-refractivity contribution in [3.63, 3.8) is 0 Å². The van der Waals surface area contributed by atoms with Gasteiger partial charge in [0.25, 0.3) is 0 Å². The fraction of sp³-hybridized carbons (Fsp3) is 1.00. The van der Waals surface area contributed by atoms with Crippen LogP contribution in [0.15, 0.2) is 0 Å². The second-order valence-electron chi connectivity index (χ2n) is 4.81. The first kappa shape index (κ1) is 15.1. The third-order valence-electron chi connectivity index (χ3n) is 2.40. The van der Waals surface area contributed by atoms with E-state index < -0.39 is 0 Å². The zero-order chi connectivity index (χ0) is 11.8. The van der Waals surface area contributed by atoms with Gasteiger partial charge < -0.3 is 5.32 Å². The smallest absolute Gasteiger partial charge is 0.0263 e. The molecule has 0 radical (unpaired) electrons. The van der Waals surface area contributed by atoms with Crippen LogP contribution in [0.3, 0.4) is 0 Å². The van der Waals surface area contributed by atoms with E-state index in [1.807, 2.05) is 0 Å². The van der Waals surface area contributed by atoms with Crippen molar-refractivity contribution in [2.75, 3.05) is 35.3 Å². The summed E-state index contributed by atoms with van der Waals surface area (Å²) in [6.07, 6.45) is 0. The second-order valence-corrected chi connectivity index (χ2v) is 8.44. The summed E-state index contributed by atoms with van der Waals surface area (Å²) in [5.41, 5.74) is 0.